The van der Waals surface area contributed by atoms with Gasteiger partial charge in [-0.05, 0) is 32.1 Å². The highest BCUT2D eigenvalue weighted by molar-refractivity contribution is 5.51. The van der Waals surface area contributed by atoms with E-state index in [4.69, 9.17) is 4.74 Å². The molecule has 0 saturated carbocycles. The van der Waals surface area contributed by atoms with E-state index < -0.39 is 0 Å². The van der Waals surface area contributed by atoms with Crippen LogP contribution in [0.4, 0.5) is 5.69 Å². The van der Waals surface area contributed by atoms with E-state index in [2.05, 4.69) is 22.9 Å². The molecule has 18 heavy (non-hydrogen) atoms. The number of aliphatic hydroxyl groups excluding tert-OH is 1. The Kier molecular flexibility index (Phi) is 4.44. The van der Waals surface area contributed by atoms with Gasteiger partial charge in [-0.3, -0.25) is 0 Å². The predicted molar refractivity (Wildman–Crippen MR) is 73.3 cm³/mol. The second-order valence-corrected chi connectivity index (χ2v) is 4.85. The molecule has 1 fully saturated rings. The van der Waals surface area contributed by atoms with Gasteiger partial charge in [-0.2, -0.15) is 0 Å². The first-order valence-corrected chi connectivity index (χ1v) is 6.44. The second-order valence-electron chi connectivity index (χ2n) is 4.85. The van der Waals surface area contributed by atoms with Crippen LogP contribution in [0.2, 0.25) is 0 Å². The largest absolute Gasteiger partial charge is 0.497 e. The van der Waals surface area contributed by atoms with Gasteiger partial charge in [0.15, 0.2) is 0 Å². The fourth-order valence-corrected chi connectivity index (χ4v) is 2.53. The number of ether oxygens (including phenoxy) is 1. The Labute approximate surface area is 109 Å². The summed E-state index contributed by atoms with van der Waals surface area (Å²) in [6.07, 6.45) is 1.12. The molecular weight excluding hydrogens is 228 g/mol. The van der Waals surface area contributed by atoms with E-state index in [0.29, 0.717) is 0 Å². The van der Waals surface area contributed by atoms with Crippen molar-refractivity contribution in [2.75, 3.05) is 45.3 Å². The molecule has 1 aromatic rings. The zero-order valence-corrected chi connectivity index (χ0v) is 11.2. The van der Waals surface area contributed by atoms with Crippen molar-refractivity contribution in [2.24, 2.45) is 0 Å². The summed E-state index contributed by atoms with van der Waals surface area (Å²) in [7, 11) is 3.79. The molecule has 2 rings (SSSR count). The van der Waals surface area contributed by atoms with Gasteiger partial charge in [0.25, 0.3) is 0 Å². The Morgan fingerprint density at radius 1 is 1.39 bits per heavy atom. The molecule has 1 atom stereocenters. The Hall–Kier alpha value is -1.26. The summed E-state index contributed by atoms with van der Waals surface area (Å²) in [5.41, 5.74) is 1.13. The van der Waals surface area contributed by atoms with E-state index in [0.717, 1.165) is 37.5 Å². The van der Waals surface area contributed by atoms with Crippen molar-refractivity contribution in [2.45, 2.75) is 12.5 Å². The van der Waals surface area contributed by atoms with Crippen LogP contribution in [0.5, 0.6) is 5.75 Å². The quantitative estimate of drug-likeness (QED) is 0.874. The molecule has 1 aliphatic heterocycles. The molecule has 1 saturated heterocycles. The van der Waals surface area contributed by atoms with Crippen molar-refractivity contribution >= 4 is 5.69 Å². The summed E-state index contributed by atoms with van der Waals surface area (Å²) in [6.45, 7) is 3.13. The molecule has 0 amide bonds. The van der Waals surface area contributed by atoms with Crippen molar-refractivity contribution < 1.29 is 9.84 Å². The molecule has 1 aliphatic rings. The van der Waals surface area contributed by atoms with E-state index in [1.807, 2.05) is 18.2 Å². The fourth-order valence-electron chi connectivity index (χ4n) is 2.53. The average molecular weight is 250 g/mol. The standard InChI is InChI=1S/C14H22N2O2/c1-15-7-4-8-16(13(10-15)11-17)12-5-3-6-14(9-12)18-2/h3,5-6,9,13,17H,4,7-8,10-11H2,1-2H3. The molecule has 0 aromatic heterocycles. The van der Waals surface area contributed by atoms with E-state index in [-0.39, 0.29) is 12.6 Å². The summed E-state index contributed by atoms with van der Waals surface area (Å²) in [6, 6.07) is 8.22. The molecule has 0 aliphatic carbocycles. The zero-order valence-electron chi connectivity index (χ0n) is 11.2. The van der Waals surface area contributed by atoms with Gasteiger partial charge in [0.1, 0.15) is 5.75 Å². The molecule has 1 N–H and O–H groups in total. The number of hydrogen-bond donors (Lipinski definition) is 1. The Morgan fingerprint density at radius 2 is 2.22 bits per heavy atom. The lowest BCUT2D eigenvalue weighted by Gasteiger charge is -2.31. The van der Waals surface area contributed by atoms with Gasteiger partial charge in [0, 0.05) is 24.8 Å². The summed E-state index contributed by atoms with van der Waals surface area (Å²) in [5, 5.41) is 9.59. The molecule has 1 aromatic carbocycles. The van der Waals surface area contributed by atoms with Crippen LogP contribution in [0, 0.1) is 0 Å². The Balaban J connectivity index is 2.22. The van der Waals surface area contributed by atoms with Gasteiger partial charge in [-0.15, -0.1) is 0 Å². The number of benzene rings is 1. The lowest BCUT2D eigenvalue weighted by molar-refractivity contribution is 0.229. The third-order valence-electron chi connectivity index (χ3n) is 3.50. The van der Waals surface area contributed by atoms with Crippen molar-refractivity contribution in [3.05, 3.63) is 24.3 Å². The predicted octanol–water partition coefficient (Wildman–Crippen LogP) is 1.20. The highest BCUT2D eigenvalue weighted by Crippen LogP contribution is 2.24. The van der Waals surface area contributed by atoms with Gasteiger partial charge in [0.05, 0.1) is 19.8 Å². The van der Waals surface area contributed by atoms with Gasteiger partial charge < -0.3 is 19.6 Å². The van der Waals surface area contributed by atoms with Crippen LogP contribution in [0.3, 0.4) is 0 Å². The number of hydrogen-bond acceptors (Lipinski definition) is 4. The first-order chi connectivity index (χ1) is 8.74. The SMILES string of the molecule is COc1cccc(N2CCCN(C)CC2CO)c1. The fraction of sp³-hybridized carbons (Fsp3) is 0.571. The molecular formula is C14H22N2O2. The summed E-state index contributed by atoms with van der Waals surface area (Å²) < 4.78 is 5.27. The third kappa shape index (κ3) is 2.94. The van der Waals surface area contributed by atoms with Crippen molar-refractivity contribution in [3.8, 4) is 5.75 Å². The number of aliphatic hydroxyl groups is 1. The average Bonchev–Trinajstić information content (AvgIpc) is 2.60. The second kappa shape index (κ2) is 6.07. The zero-order chi connectivity index (χ0) is 13.0. The highest BCUT2D eigenvalue weighted by Gasteiger charge is 2.23. The minimum atomic E-state index is 0.157. The van der Waals surface area contributed by atoms with Gasteiger partial charge >= 0.3 is 0 Å². The van der Waals surface area contributed by atoms with Gasteiger partial charge in [-0.1, -0.05) is 6.07 Å². The van der Waals surface area contributed by atoms with Crippen molar-refractivity contribution in [1.29, 1.82) is 0 Å². The minimum Gasteiger partial charge on any atom is -0.497 e. The topological polar surface area (TPSA) is 35.9 Å². The maximum atomic E-state index is 9.59. The Bertz CT molecular complexity index is 384. The molecule has 1 heterocycles. The van der Waals surface area contributed by atoms with E-state index >= 15 is 0 Å². The Morgan fingerprint density at radius 3 is 2.94 bits per heavy atom. The van der Waals surface area contributed by atoms with Crippen molar-refractivity contribution in [1.82, 2.24) is 4.90 Å². The van der Waals surface area contributed by atoms with Crippen LogP contribution in [-0.4, -0.2) is 56.4 Å². The maximum absolute atomic E-state index is 9.59. The first kappa shape index (κ1) is 13.2. The lowest BCUT2D eigenvalue weighted by Crippen LogP contribution is -2.42. The van der Waals surface area contributed by atoms with Crippen LogP contribution in [-0.2, 0) is 0 Å². The number of methoxy groups -OCH3 is 1. The lowest BCUT2D eigenvalue weighted by atomic mass is 10.2. The van der Waals surface area contributed by atoms with Crippen LogP contribution in [0.1, 0.15) is 6.42 Å². The summed E-state index contributed by atoms with van der Waals surface area (Å²) in [4.78, 5) is 4.56. The van der Waals surface area contributed by atoms with Crippen LogP contribution in [0.15, 0.2) is 24.3 Å². The minimum absolute atomic E-state index is 0.157. The number of likely N-dealkylation sites (N-methyl/N-ethyl adjacent to an activating group) is 1. The molecule has 0 spiro atoms. The molecule has 0 bridgehead atoms. The molecule has 1 unspecified atom stereocenters. The molecule has 4 nitrogen and oxygen atoms in total. The highest BCUT2D eigenvalue weighted by atomic mass is 16.5. The van der Waals surface area contributed by atoms with Crippen molar-refractivity contribution in [3.63, 3.8) is 0 Å². The monoisotopic (exact) mass is 250 g/mol. The molecule has 0 radical (unpaired) electrons. The first-order valence-electron chi connectivity index (χ1n) is 6.44. The maximum Gasteiger partial charge on any atom is 0.120 e. The van der Waals surface area contributed by atoms with Gasteiger partial charge in [-0.25, -0.2) is 0 Å². The number of anilines is 1. The van der Waals surface area contributed by atoms with Gasteiger partial charge in [0.2, 0.25) is 0 Å². The summed E-state index contributed by atoms with van der Waals surface area (Å²) in [5.74, 6) is 0.863. The van der Waals surface area contributed by atoms with E-state index in [9.17, 15) is 5.11 Å². The smallest absolute Gasteiger partial charge is 0.120 e. The molecule has 4 heteroatoms. The molecule has 100 valence electrons. The number of nitrogens with zero attached hydrogens (tertiary/aromatic N) is 2. The van der Waals surface area contributed by atoms with Crippen LogP contribution >= 0.6 is 0 Å². The normalized spacial score (nSPS) is 21.7. The van der Waals surface area contributed by atoms with E-state index in [1.54, 1.807) is 7.11 Å². The third-order valence-corrected chi connectivity index (χ3v) is 3.50. The van der Waals surface area contributed by atoms with E-state index in [1.165, 1.54) is 0 Å². The van der Waals surface area contributed by atoms with Crippen LogP contribution < -0.4 is 9.64 Å². The number of rotatable bonds is 3. The summed E-state index contributed by atoms with van der Waals surface area (Å²) >= 11 is 0. The van der Waals surface area contributed by atoms with Crippen LogP contribution in [0.25, 0.3) is 0 Å².